The highest BCUT2D eigenvalue weighted by molar-refractivity contribution is 7.99. The molecule has 0 saturated heterocycles. The van der Waals surface area contributed by atoms with Crippen LogP contribution in [0.15, 0.2) is 34.2 Å². The number of ether oxygens (including phenoxy) is 1. The van der Waals surface area contributed by atoms with Crippen LogP contribution in [-0.2, 0) is 11.3 Å². The quantitative estimate of drug-likeness (QED) is 0.456. The third kappa shape index (κ3) is 3.72. The lowest BCUT2D eigenvalue weighted by Crippen LogP contribution is -2.24. The lowest BCUT2D eigenvalue weighted by Gasteiger charge is -2.12. The number of benzene rings is 1. The smallest absolute Gasteiger partial charge is 0.262 e. The maximum atomic E-state index is 12.9. The number of aryl methyl sites for hydroxylation is 1. The van der Waals surface area contributed by atoms with Gasteiger partial charge in [-0.25, -0.2) is 0 Å². The van der Waals surface area contributed by atoms with Crippen molar-refractivity contribution in [3.63, 3.8) is 0 Å². The van der Waals surface area contributed by atoms with E-state index in [2.05, 4.69) is 24.0 Å². The summed E-state index contributed by atoms with van der Waals surface area (Å²) in [5.74, 6) is 1.93. The van der Waals surface area contributed by atoms with Crippen molar-refractivity contribution in [2.24, 2.45) is 5.92 Å². The molecule has 0 unspecified atom stereocenters. The predicted molar refractivity (Wildman–Crippen MR) is 101 cm³/mol. The van der Waals surface area contributed by atoms with Gasteiger partial charge in [0.25, 0.3) is 5.56 Å². The minimum Gasteiger partial charge on any atom is -0.381 e. The Morgan fingerprint density at radius 2 is 2.04 bits per heavy atom. The Labute approximate surface area is 151 Å². The van der Waals surface area contributed by atoms with Crippen molar-refractivity contribution >= 4 is 28.4 Å². The number of fused-ring (bicyclic) bond motifs is 3. The van der Waals surface area contributed by atoms with Crippen LogP contribution in [0.25, 0.3) is 16.7 Å². The minimum atomic E-state index is 0.00187. The van der Waals surface area contributed by atoms with Gasteiger partial charge in [0.15, 0.2) is 5.16 Å². The molecule has 0 fully saturated rings. The summed E-state index contributed by atoms with van der Waals surface area (Å²) in [5.41, 5.74) is 0.856. The maximum absolute atomic E-state index is 12.9. The van der Waals surface area contributed by atoms with Gasteiger partial charge in [-0.3, -0.25) is 13.8 Å². The topological polar surface area (TPSA) is 61.4 Å². The van der Waals surface area contributed by atoms with E-state index < -0.39 is 0 Å². The zero-order valence-electron chi connectivity index (χ0n) is 14.9. The molecule has 0 atom stereocenters. The summed E-state index contributed by atoms with van der Waals surface area (Å²) in [6.07, 6.45) is 0.924. The molecule has 6 nitrogen and oxygen atoms in total. The van der Waals surface area contributed by atoms with E-state index in [4.69, 9.17) is 4.74 Å². The summed E-state index contributed by atoms with van der Waals surface area (Å²) in [6.45, 7) is 8.31. The molecule has 0 aliphatic carbocycles. The van der Waals surface area contributed by atoms with E-state index >= 15 is 0 Å². The fraction of sp³-hybridized carbons (Fsp3) is 0.500. The molecule has 2 aromatic heterocycles. The number of nitrogens with zero attached hydrogens (tertiary/aromatic N) is 4. The van der Waals surface area contributed by atoms with E-state index in [-0.39, 0.29) is 5.56 Å². The number of rotatable bonds is 8. The largest absolute Gasteiger partial charge is 0.381 e. The second-order valence-electron chi connectivity index (χ2n) is 6.32. The normalized spacial score (nSPS) is 11.8. The van der Waals surface area contributed by atoms with Crippen LogP contribution in [0.3, 0.4) is 0 Å². The van der Waals surface area contributed by atoms with Crippen molar-refractivity contribution < 1.29 is 4.74 Å². The zero-order valence-corrected chi connectivity index (χ0v) is 15.8. The van der Waals surface area contributed by atoms with Crippen LogP contribution in [0.5, 0.6) is 0 Å². The van der Waals surface area contributed by atoms with E-state index in [0.717, 1.165) is 22.8 Å². The first-order chi connectivity index (χ1) is 12.1. The van der Waals surface area contributed by atoms with Gasteiger partial charge in [-0.15, -0.1) is 10.2 Å². The van der Waals surface area contributed by atoms with Gasteiger partial charge in [-0.1, -0.05) is 37.7 Å². The first kappa shape index (κ1) is 17.9. The van der Waals surface area contributed by atoms with Gasteiger partial charge in [0.2, 0.25) is 5.78 Å². The third-order valence-electron chi connectivity index (χ3n) is 4.07. The molecule has 3 aromatic rings. The van der Waals surface area contributed by atoms with Gasteiger partial charge >= 0.3 is 0 Å². The van der Waals surface area contributed by atoms with Crippen molar-refractivity contribution in [2.75, 3.05) is 19.0 Å². The number of aromatic nitrogens is 4. The van der Waals surface area contributed by atoms with Crippen LogP contribution in [0.1, 0.15) is 27.2 Å². The highest BCUT2D eigenvalue weighted by Crippen LogP contribution is 2.21. The molecule has 2 heterocycles. The Balaban J connectivity index is 2.10. The van der Waals surface area contributed by atoms with Gasteiger partial charge in [-0.05, 0) is 31.4 Å². The minimum absolute atomic E-state index is 0.00187. The second kappa shape index (κ2) is 8.01. The van der Waals surface area contributed by atoms with Crippen LogP contribution in [0.4, 0.5) is 0 Å². The van der Waals surface area contributed by atoms with E-state index in [1.54, 1.807) is 16.3 Å². The van der Waals surface area contributed by atoms with Crippen LogP contribution in [-0.4, -0.2) is 38.1 Å². The molecule has 0 spiro atoms. The van der Waals surface area contributed by atoms with Crippen molar-refractivity contribution in [3.8, 4) is 0 Å². The molecule has 0 saturated carbocycles. The van der Waals surface area contributed by atoms with Crippen molar-refractivity contribution in [2.45, 2.75) is 38.9 Å². The molecule has 0 N–H and O–H groups in total. The zero-order chi connectivity index (χ0) is 17.8. The van der Waals surface area contributed by atoms with Crippen LogP contribution >= 0.6 is 11.8 Å². The van der Waals surface area contributed by atoms with Gasteiger partial charge in [0.05, 0.1) is 17.5 Å². The molecular formula is C18H24N4O2S. The number of hydrogen-bond acceptors (Lipinski definition) is 5. The molecular weight excluding hydrogens is 336 g/mol. The fourth-order valence-corrected chi connectivity index (χ4v) is 3.54. The van der Waals surface area contributed by atoms with Gasteiger partial charge in [0.1, 0.15) is 0 Å². The lowest BCUT2D eigenvalue weighted by atomic mass is 10.1. The van der Waals surface area contributed by atoms with Crippen molar-refractivity contribution in [1.29, 1.82) is 0 Å². The molecule has 25 heavy (non-hydrogen) atoms. The summed E-state index contributed by atoms with van der Waals surface area (Å²) in [6, 6.07) is 7.66. The molecule has 0 aliphatic heterocycles. The van der Waals surface area contributed by atoms with Crippen LogP contribution in [0.2, 0.25) is 0 Å². The first-order valence-electron chi connectivity index (χ1n) is 8.70. The summed E-state index contributed by atoms with van der Waals surface area (Å²) in [4.78, 5) is 12.9. The maximum Gasteiger partial charge on any atom is 0.262 e. The second-order valence-corrected chi connectivity index (χ2v) is 7.38. The number of thioether (sulfide) groups is 1. The monoisotopic (exact) mass is 360 g/mol. The third-order valence-corrected chi connectivity index (χ3v) is 4.96. The Hall–Kier alpha value is -1.86. The van der Waals surface area contributed by atoms with E-state index in [0.29, 0.717) is 36.8 Å². The van der Waals surface area contributed by atoms with E-state index in [1.165, 1.54) is 0 Å². The standard InChI is InChI=1S/C18H24N4O2S/c1-4-24-11-12-25-18-20-19-17-21(10-9-13(2)3)16(23)14-7-5-6-8-15(14)22(17)18/h5-8,13H,4,9-12H2,1-3H3. The summed E-state index contributed by atoms with van der Waals surface area (Å²) in [5, 5.41) is 10.1. The average molecular weight is 360 g/mol. The summed E-state index contributed by atoms with van der Waals surface area (Å²) in [7, 11) is 0. The highest BCUT2D eigenvalue weighted by Gasteiger charge is 2.16. The fourth-order valence-electron chi connectivity index (χ4n) is 2.75. The van der Waals surface area contributed by atoms with E-state index in [9.17, 15) is 4.79 Å². The molecule has 0 radical (unpaired) electrons. The molecule has 3 rings (SSSR count). The summed E-state index contributed by atoms with van der Waals surface area (Å²) >= 11 is 1.60. The average Bonchev–Trinajstić information content (AvgIpc) is 3.02. The molecule has 1 aromatic carbocycles. The SMILES string of the molecule is CCOCCSc1nnc2n(CCC(C)C)c(=O)c3ccccc3n12. The highest BCUT2D eigenvalue weighted by atomic mass is 32.2. The van der Waals surface area contributed by atoms with Crippen LogP contribution in [0, 0.1) is 5.92 Å². The first-order valence-corrected chi connectivity index (χ1v) is 9.69. The number of hydrogen-bond donors (Lipinski definition) is 0. The van der Waals surface area contributed by atoms with Crippen molar-refractivity contribution in [1.82, 2.24) is 19.2 Å². The van der Waals surface area contributed by atoms with Crippen molar-refractivity contribution in [3.05, 3.63) is 34.6 Å². The van der Waals surface area contributed by atoms with Gasteiger partial charge in [0, 0.05) is 18.9 Å². The van der Waals surface area contributed by atoms with Gasteiger partial charge < -0.3 is 4.74 Å². The molecule has 134 valence electrons. The van der Waals surface area contributed by atoms with E-state index in [1.807, 2.05) is 35.6 Å². The predicted octanol–water partition coefficient (Wildman–Crippen LogP) is 3.22. The molecule has 0 aliphatic rings. The summed E-state index contributed by atoms with van der Waals surface area (Å²) < 4.78 is 9.15. The van der Waals surface area contributed by atoms with Crippen LogP contribution < -0.4 is 5.56 Å². The lowest BCUT2D eigenvalue weighted by molar-refractivity contribution is 0.164. The Kier molecular flexibility index (Phi) is 5.75. The molecule has 0 amide bonds. The Bertz CT molecular complexity index is 916. The Morgan fingerprint density at radius 1 is 1.24 bits per heavy atom. The molecule has 0 bridgehead atoms. The molecule has 7 heteroatoms. The van der Waals surface area contributed by atoms with Gasteiger partial charge in [-0.2, -0.15) is 0 Å². The Morgan fingerprint density at radius 3 is 2.80 bits per heavy atom. The number of para-hydroxylation sites is 1.